The van der Waals surface area contributed by atoms with Crippen LogP contribution in [-0.4, -0.2) is 25.1 Å². The predicted octanol–water partition coefficient (Wildman–Crippen LogP) is 5.65. The number of anilines is 2. The molecule has 152 valence electrons. The van der Waals surface area contributed by atoms with Gasteiger partial charge in [-0.2, -0.15) is 15.1 Å². The summed E-state index contributed by atoms with van der Waals surface area (Å²) in [6.45, 7) is 2.05. The van der Waals surface area contributed by atoms with E-state index in [1.807, 2.05) is 18.2 Å². The monoisotopic (exact) mass is 402 g/mol. The van der Waals surface area contributed by atoms with E-state index in [0.29, 0.717) is 28.9 Å². The maximum Gasteiger partial charge on any atom is 0.232 e. The molecule has 1 fully saturated rings. The van der Waals surface area contributed by atoms with E-state index in [0.717, 1.165) is 35.3 Å². The van der Waals surface area contributed by atoms with Gasteiger partial charge in [0.2, 0.25) is 5.95 Å². The first-order valence-corrected chi connectivity index (χ1v) is 10.4. The van der Waals surface area contributed by atoms with E-state index in [1.54, 1.807) is 6.07 Å². The number of benzene rings is 2. The largest absolute Gasteiger partial charge is 0.307 e. The fraction of sp³-hybridized carbons (Fsp3) is 0.304. The minimum absolute atomic E-state index is 0.314. The molecule has 1 aliphatic rings. The number of nitrogens with one attached hydrogen (secondary N) is 2. The van der Waals surface area contributed by atoms with Crippen molar-refractivity contribution in [2.75, 3.05) is 5.32 Å². The lowest BCUT2D eigenvalue weighted by Gasteiger charge is -2.21. The van der Waals surface area contributed by atoms with Crippen molar-refractivity contribution in [3.05, 3.63) is 59.7 Å². The summed E-state index contributed by atoms with van der Waals surface area (Å²) < 4.78 is 13.8. The van der Waals surface area contributed by atoms with E-state index in [2.05, 4.69) is 33.5 Å². The van der Waals surface area contributed by atoms with Crippen LogP contribution in [0, 0.1) is 12.7 Å². The van der Waals surface area contributed by atoms with Crippen molar-refractivity contribution >= 4 is 22.7 Å². The minimum atomic E-state index is -0.314. The molecule has 0 aliphatic heterocycles. The topological polar surface area (TPSA) is 79.4 Å². The summed E-state index contributed by atoms with van der Waals surface area (Å²) in [7, 11) is 0. The van der Waals surface area contributed by atoms with Gasteiger partial charge in [-0.1, -0.05) is 43.5 Å². The first kappa shape index (κ1) is 18.7. The van der Waals surface area contributed by atoms with Crippen molar-refractivity contribution in [1.29, 1.82) is 0 Å². The molecule has 2 aromatic carbocycles. The minimum Gasteiger partial charge on any atom is -0.307 e. The molecule has 0 atom stereocenters. The Kier molecular flexibility index (Phi) is 4.86. The Bertz CT molecular complexity index is 1200. The lowest BCUT2D eigenvalue weighted by atomic mass is 9.88. The highest BCUT2D eigenvalue weighted by Crippen LogP contribution is 2.33. The van der Waals surface area contributed by atoms with E-state index in [-0.39, 0.29) is 5.82 Å². The molecule has 0 bridgehead atoms. The molecular formula is C23H23FN6. The smallest absolute Gasteiger partial charge is 0.232 e. The Morgan fingerprint density at radius 1 is 1.00 bits per heavy atom. The molecule has 1 saturated carbocycles. The Morgan fingerprint density at radius 2 is 1.83 bits per heavy atom. The number of nitrogens with zero attached hydrogens (tertiary/aromatic N) is 4. The molecule has 0 amide bonds. The summed E-state index contributed by atoms with van der Waals surface area (Å²) in [5.74, 6) is 2.42. The molecule has 0 spiro atoms. The molecule has 2 aromatic heterocycles. The number of rotatable bonds is 4. The van der Waals surface area contributed by atoms with Crippen LogP contribution < -0.4 is 5.32 Å². The van der Waals surface area contributed by atoms with Crippen molar-refractivity contribution in [3.63, 3.8) is 0 Å². The van der Waals surface area contributed by atoms with Gasteiger partial charge in [0.1, 0.15) is 11.6 Å². The molecule has 4 aromatic rings. The van der Waals surface area contributed by atoms with Crippen LogP contribution in [-0.2, 0) is 0 Å². The lowest BCUT2D eigenvalue weighted by molar-refractivity contribution is 0.428. The number of aromatic amines is 1. The quantitative estimate of drug-likeness (QED) is 0.461. The first-order chi connectivity index (χ1) is 14.7. The number of hydrogen-bond donors (Lipinski definition) is 2. The number of aryl methyl sites for hydroxylation is 1. The van der Waals surface area contributed by atoms with Gasteiger partial charge in [0.05, 0.1) is 5.52 Å². The number of fused-ring (bicyclic) bond motifs is 1. The predicted molar refractivity (Wildman–Crippen MR) is 115 cm³/mol. The Balaban J connectivity index is 1.58. The summed E-state index contributed by atoms with van der Waals surface area (Å²) in [4.78, 5) is 14.3. The summed E-state index contributed by atoms with van der Waals surface area (Å²) in [6.07, 6.45) is 5.84. The lowest BCUT2D eigenvalue weighted by Crippen LogP contribution is -2.12. The van der Waals surface area contributed by atoms with E-state index < -0.39 is 0 Å². The van der Waals surface area contributed by atoms with Gasteiger partial charge in [-0.15, -0.1) is 0 Å². The van der Waals surface area contributed by atoms with Gasteiger partial charge in [0.15, 0.2) is 11.6 Å². The number of hydrogen-bond acceptors (Lipinski definition) is 5. The SMILES string of the molecule is Cc1ccccc1-c1nc(Nc2n[nH]c3ccc(F)cc23)nc(C2CCCCC2)n1. The average Bonchev–Trinajstić information content (AvgIpc) is 3.16. The summed E-state index contributed by atoms with van der Waals surface area (Å²) >= 11 is 0. The van der Waals surface area contributed by atoms with Crippen molar-refractivity contribution in [3.8, 4) is 11.4 Å². The second-order valence-corrected chi connectivity index (χ2v) is 7.88. The molecule has 0 radical (unpaired) electrons. The van der Waals surface area contributed by atoms with E-state index in [9.17, 15) is 4.39 Å². The van der Waals surface area contributed by atoms with Crippen LogP contribution in [0.5, 0.6) is 0 Å². The second-order valence-electron chi connectivity index (χ2n) is 7.88. The van der Waals surface area contributed by atoms with Gasteiger partial charge in [0, 0.05) is 16.9 Å². The molecule has 6 nitrogen and oxygen atoms in total. The zero-order chi connectivity index (χ0) is 20.5. The zero-order valence-corrected chi connectivity index (χ0v) is 16.8. The summed E-state index contributed by atoms with van der Waals surface area (Å²) in [6, 6.07) is 12.6. The zero-order valence-electron chi connectivity index (χ0n) is 16.8. The standard InChI is InChI=1S/C23H23FN6/c1-14-7-5-6-10-17(14)21-25-20(15-8-3-2-4-9-15)26-23(27-21)28-22-18-13-16(24)11-12-19(18)29-30-22/h5-7,10-13,15H,2-4,8-9H2,1H3,(H2,25,26,27,28,29,30). The summed E-state index contributed by atoms with van der Waals surface area (Å²) in [5.41, 5.74) is 2.84. The maximum atomic E-state index is 13.8. The van der Waals surface area contributed by atoms with Crippen LogP contribution in [0.15, 0.2) is 42.5 Å². The molecular weight excluding hydrogens is 379 g/mol. The van der Waals surface area contributed by atoms with Crippen LogP contribution in [0.1, 0.15) is 49.4 Å². The van der Waals surface area contributed by atoms with Gasteiger partial charge >= 0.3 is 0 Å². The third-order valence-corrected chi connectivity index (χ3v) is 5.76. The van der Waals surface area contributed by atoms with Gasteiger partial charge < -0.3 is 5.32 Å². The molecule has 2 heterocycles. The Morgan fingerprint density at radius 3 is 2.67 bits per heavy atom. The van der Waals surface area contributed by atoms with Crippen molar-refractivity contribution in [2.45, 2.75) is 44.9 Å². The highest BCUT2D eigenvalue weighted by molar-refractivity contribution is 5.90. The maximum absolute atomic E-state index is 13.8. The Labute approximate surface area is 174 Å². The third-order valence-electron chi connectivity index (χ3n) is 5.76. The first-order valence-electron chi connectivity index (χ1n) is 10.4. The van der Waals surface area contributed by atoms with E-state index in [1.165, 1.54) is 31.4 Å². The molecule has 2 N–H and O–H groups in total. The Hall–Kier alpha value is -3.35. The fourth-order valence-electron chi connectivity index (χ4n) is 4.12. The van der Waals surface area contributed by atoms with Crippen LogP contribution in [0.25, 0.3) is 22.3 Å². The fourth-order valence-corrected chi connectivity index (χ4v) is 4.12. The van der Waals surface area contributed by atoms with Crippen molar-refractivity contribution in [1.82, 2.24) is 25.1 Å². The van der Waals surface area contributed by atoms with Crippen LogP contribution >= 0.6 is 0 Å². The second kappa shape index (κ2) is 7.82. The van der Waals surface area contributed by atoms with Crippen LogP contribution in [0.2, 0.25) is 0 Å². The number of H-pyrrole nitrogens is 1. The van der Waals surface area contributed by atoms with Gasteiger partial charge in [-0.3, -0.25) is 5.10 Å². The normalized spacial score (nSPS) is 14.9. The summed E-state index contributed by atoms with van der Waals surface area (Å²) in [5, 5.41) is 11.1. The van der Waals surface area contributed by atoms with E-state index >= 15 is 0 Å². The average molecular weight is 402 g/mol. The van der Waals surface area contributed by atoms with Gasteiger partial charge in [-0.25, -0.2) is 9.37 Å². The van der Waals surface area contributed by atoms with Crippen LogP contribution in [0.4, 0.5) is 16.2 Å². The van der Waals surface area contributed by atoms with Crippen LogP contribution in [0.3, 0.4) is 0 Å². The highest BCUT2D eigenvalue weighted by Gasteiger charge is 2.21. The highest BCUT2D eigenvalue weighted by atomic mass is 19.1. The van der Waals surface area contributed by atoms with Crippen molar-refractivity contribution < 1.29 is 4.39 Å². The molecule has 1 aliphatic carbocycles. The van der Waals surface area contributed by atoms with Gasteiger partial charge in [-0.05, 0) is 43.5 Å². The molecule has 0 saturated heterocycles. The van der Waals surface area contributed by atoms with E-state index in [4.69, 9.17) is 9.97 Å². The molecule has 30 heavy (non-hydrogen) atoms. The van der Waals surface area contributed by atoms with Gasteiger partial charge in [0.25, 0.3) is 0 Å². The number of halogens is 1. The van der Waals surface area contributed by atoms with Crippen molar-refractivity contribution in [2.24, 2.45) is 0 Å². The third kappa shape index (κ3) is 3.63. The number of aromatic nitrogens is 5. The molecule has 0 unspecified atom stereocenters. The molecule has 7 heteroatoms. The molecule has 5 rings (SSSR count).